The molecule has 3 rings (SSSR count). The van der Waals surface area contributed by atoms with Gasteiger partial charge in [0.15, 0.2) is 17.5 Å². The lowest BCUT2D eigenvalue weighted by Crippen LogP contribution is -2.34. The summed E-state index contributed by atoms with van der Waals surface area (Å²) >= 11 is 0. The molecule has 1 heterocycles. The number of ether oxygens (including phenoxy) is 3. The third-order valence-electron chi connectivity index (χ3n) is 4.53. The van der Waals surface area contributed by atoms with Gasteiger partial charge in [0.1, 0.15) is 18.1 Å². The van der Waals surface area contributed by atoms with Crippen LogP contribution in [0.1, 0.15) is 28.4 Å². The molecule has 0 amide bonds. The van der Waals surface area contributed by atoms with Gasteiger partial charge >= 0.3 is 11.9 Å². The van der Waals surface area contributed by atoms with E-state index in [9.17, 15) is 19.2 Å². The van der Waals surface area contributed by atoms with Crippen LogP contribution in [0.2, 0.25) is 0 Å². The number of hydrogen-bond acceptors (Lipinski definition) is 7. The highest BCUT2D eigenvalue weighted by Gasteiger charge is 2.36. The van der Waals surface area contributed by atoms with Crippen molar-refractivity contribution in [2.24, 2.45) is 5.92 Å². The number of carbonyl (C=O) groups is 4. The molecule has 2 aromatic rings. The number of benzene rings is 2. The van der Waals surface area contributed by atoms with Gasteiger partial charge in [-0.2, -0.15) is 0 Å². The van der Waals surface area contributed by atoms with E-state index in [-0.39, 0.29) is 12.4 Å². The van der Waals surface area contributed by atoms with Gasteiger partial charge in [-0.25, -0.2) is 4.79 Å². The molecule has 0 spiro atoms. The van der Waals surface area contributed by atoms with Gasteiger partial charge in [-0.15, -0.1) is 0 Å². The van der Waals surface area contributed by atoms with Gasteiger partial charge in [0.05, 0.1) is 12.7 Å². The van der Waals surface area contributed by atoms with Crippen molar-refractivity contribution in [3.63, 3.8) is 0 Å². The number of hydrogen-bond donors (Lipinski definition) is 0. The van der Waals surface area contributed by atoms with Crippen LogP contribution in [0.4, 0.5) is 0 Å². The Morgan fingerprint density at radius 3 is 2.45 bits per heavy atom. The van der Waals surface area contributed by atoms with Crippen molar-refractivity contribution in [1.82, 2.24) is 0 Å². The Morgan fingerprint density at radius 2 is 1.77 bits per heavy atom. The minimum atomic E-state index is -1.48. The molecule has 158 valence electrons. The van der Waals surface area contributed by atoms with E-state index in [1.54, 1.807) is 48.5 Å². The molecule has 1 atom stereocenters. The number of cyclic esters (lactones) is 1. The molecule has 7 heteroatoms. The standard InChI is InChI=1S/C24H20O7/c1-15-13-20(26)22(24(28)31-15)19(25)12-11-17-5-3-4-6-21(17)30-14-16-7-9-18(10-8-16)23(27)29-2/h3-13,22H,14H2,1-2H3. The van der Waals surface area contributed by atoms with Crippen LogP contribution in [0.3, 0.4) is 0 Å². The summed E-state index contributed by atoms with van der Waals surface area (Å²) in [4.78, 5) is 47.8. The second-order valence-corrected chi connectivity index (χ2v) is 6.76. The van der Waals surface area contributed by atoms with E-state index in [0.29, 0.717) is 16.9 Å². The number of ketones is 2. The van der Waals surface area contributed by atoms with E-state index in [1.165, 1.54) is 26.2 Å². The van der Waals surface area contributed by atoms with E-state index >= 15 is 0 Å². The topological polar surface area (TPSA) is 96.0 Å². The van der Waals surface area contributed by atoms with Crippen LogP contribution >= 0.6 is 0 Å². The van der Waals surface area contributed by atoms with Gasteiger partial charge in [-0.1, -0.05) is 30.3 Å². The van der Waals surface area contributed by atoms with Gasteiger partial charge in [0.2, 0.25) is 0 Å². The molecule has 0 N–H and O–H groups in total. The maximum Gasteiger partial charge on any atom is 0.337 e. The number of para-hydroxylation sites is 1. The van der Waals surface area contributed by atoms with Crippen molar-refractivity contribution in [2.45, 2.75) is 13.5 Å². The van der Waals surface area contributed by atoms with E-state index in [4.69, 9.17) is 9.47 Å². The lowest BCUT2D eigenvalue weighted by Gasteiger charge is -2.15. The number of carbonyl (C=O) groups excluding carboxylic acids is 4. The minimum Gasteiger partial charge on any atom is -0.488 e. The first-order valence-corrected chi connectivity index (χ1v) is 9.44. The average molecular weight is 420 g/mol. The Bertz CT molecular complexity index is 1080. The summed E-state index contributed by atoms with van der Waals surface area (Å²) in [5.74, 6) is -3.35. The molecule has 0 bridgehead atoms. The molecule has 0 fully saturated rings. The van der Waals surface area contributed by atoms with Gasteiger partial charge in [-0.3, -0.25) is 14.4 Å². The van der Waals surface area contributed by atoms with Crippen LogP contribution in [-0.2, 0) is 30.5 Å². The zero-order valence-corrected chi connectivity index (χ0v) is 17.0. The fourth-order valence-corrected chi connectivity index (χ4v) is 2.94. The minimum absolute atomic E-state index is 0.168. The van der Waals surface area contributed by atoms with Crippen LogP contribution in [0.25, 0.3) is 6.08 Å². The van der Waals surface area contributed by atoms with Gasteiger partial charge in [0.25, 0.3) is 0 Å². The molecule has 0 radical (unpaired) electrons. The molecule has 31 heavy (non-hydrogen) atoms. The molecule has 2 aromatic carbocycles. The molecule has 1 aliphatic rings. The monoisotopic (exact) mass is 420 g/mol. The number of allylic oxidation sites excluding steroid dienone is 3. The average Bonchev–Trinajstić information content (AvgIpc) is 2.76. The van der Waals surface area contributed by atoms with Gasteiger partial charge in [-0.05, 0) is 42.8 Å². The number of esters is 2. The predicted molar refractivity (Wildman–Crippen MR) is 111 cm³/mol. The van der Waals surface area contributed by atoms with Crippen LogP contribution < -0.4 is 4.74 Å². The Hall–Kier alpha value is -4.00. The van der Waals surface area contributed by atoms with Crippen molar-refractivity contribution in [3.8, 4) is 5.75 Å². The summed E-state index contributed by atoms with van der Waals surface area (Å²) in [6.07, 6.45) is 3.80. The second kappa shape index (κ2) is 9.67. The first-order chi connectivity index (χ1) is 14.9. The third kappa shape index (κ3) is 5.33. The molecule has 0 saturated heterocycles. The molecule has 0 saturated carbocycles. The highest BCUT2D eigenvalue weighted by molar-refractivity contribution is 6.25. The lowest BCUT2D eigenvalue weighted by molar-refractivity contribution is -0.151. The SMILES string of the molecule is COC(=O)c1ccc(COc2ccccc2C=CC(=O)C2C(=O)C=C(C)OC2=O)cc1. The van der Waals surface area contributed by atoms with Crippen molar-refractivity contribution in [3.05, 3.63) is 83.1 Å². The highest BCUT2D eigenvalue weighted by Crippen LogP contribution is 2.22. The molecule has 7 nitrogen and oxygen atoms in total. The number of rotatable bonds is 7. The fraction of sp³-hybridized carbons (Fsp3) is 0.167. The van der Waals surface area contributed by atoms with Crippen LogP contribution in [-0.4, -0.2) is 30.6 Å². The maximum atomic E-state index is 12.4. The lowest BCUT2D eigenvalue weighted by atomic mass is 9.96. The maximum absolute atomic E-state index is 12.4. The van der Waals surface area contributed by atoms with E-state index in [2.05, 4.69) is 4.74 Å². The van der Waals surface area contributed by atoms with Crippen molar-refractivity contribution >= 4 is 29.6 Å². The van der Waals surface area contributed by atoms with Crippen LogP contribution in [0.15, 0.2) is 66.4 Å². The van der Waals surface area contributed by atoms with E-state index in [1.807, 2.05) is 0 Å². The van der Waals surface area contributed by atoms with Crippen LogP contribution in [0, 0.1) is 5.92 Å². The molecule has 0 aliphatic carbocycles. The van der Waals surface area contributed by atoms with Gasteiger partial charge < -0.3 is 14.2 Å². The van der Waals surface area contributed by atoms with E-state index in [0.717, 1.165) is 11.6 Å². The summed E-state index contributed by atoms with van der Waals surface area (Å²) < 4.78 is 15.4. The summed E-state index contributed by atoms with van der Waals surface area (Å²) in [7, 11) is 1.32. The Labute approximate surface area is 178 Å². The molecule has 1 unspecified atom stereocenters. The zero-order valence-electron chi connectivity index (χ0n) is 17.0. The quantitative estimate of drug-likeness (QED) is 0.385. The normalized spacial score (nSPS) is 15.9. The molecule has 1 aliphatic heterocycles. The molecule has 0 aromatic heterocycles. The highest BCUT2D eigenvalue weighted by atomic mass is 16.5. The molecular formula is C24H20O7. The Morgan fingerprint density at radius 1 is 1.06 bits per heavy atom. The third-order valence-corrected chi connectivity index (χ3v) is 4.53. The van der Waals surface area contributed by atoms with Crippen molar-refractivity contribution in [1.29, 1.82) is 0 Å². The van der Waals surface area contributed by atoms with E-state index < -0.39 is 29.4 Å². The Kier molecular flexibility index (Phi) is 6.77. The van der Waals surface area contributed by atoms with Crippen molar-refractivity contribution < 1.29 is 33.4 Å². The summed E-state index contributed by atoms with van der Waals surface area (Å²) in [6, 6.07) is 13.8. The summed E-state index contributed by atoms with van der Waals surface area (Å²) in [6.45, 7) is 1.71. The predicted octanol–water partition coefficient (Wildman–Crippen LogP) is 3.28. The smallest absolute Gasteiger partial charge is 0.337 e. The van der Waals surface area contributed by atoms with Gasteiger partial charge in [0, 0.05) is 11.6 Å². The fourth-order valence-electron chi connectivity index (χ4n) is 2.94. The first-order valence-electron chi connectivity index (χ1n) is 9.44. The van der Waals surface area contributed by atoms with Crippen molar-refractivity contribution in [2.75, 3.05) is 7.11 Å². The summed E-state index contributed by atoms with van der Waals surface area (Å²) in [5, 5.41) is 0. The Balaban J connectivity index is 1.69. The second-order valence-electron chi connectivity index (χ2n) is 6.76. The first kappa shape index (κ1) is 21.7. The number of methoxy groups -OCH3 is 1. The zero-order chi connectivity index (χ0) is 22.4. The molecular weight excluding hydrogens is 400 g/mol. The van der Waals surface area contributed by atoms with Crippen LogP contribution in [0.5, 0.6) is 5.75 Å². The summed E-state index contributed by atoms with van der Waals surface area (Å²) in [5.41, 5.74) is 1.87. The largest absolute Gasteiger partial charge is 0.488 e.